The molecule has 0 heterocycles. The normalized spacial score (nSPS) is 12.5. The van der Waals surface area contributed by atoms with Crippen LogP contribution >= 0.6 is 0 Å². The van der Waals surface area contributed by atoms with Crippen molar-refractivity contribution in [1.82, 2.24) is 0 Å². The van der Waals surface area contributed by atoms with Crippen LogP contribution in [-0.4, -0.2) is 35.0 Å². The largest absolute Gasteiger partial charge is 0.741 e. The first kappa shape index (κ1) is 23.9. The van der Waals surface area contributed by atoms with E-state index >= 15 is 0 Å². The minimum Gasteiger partial charge on any atom is -0.741 e. The number of halogens is 9. The Bertz CT molecular complexity index is 702. The van der Waals surface area contributed by atoms with Gasteiger partial charge in [-0.05, 0) is 18.1 Å². The van der Waals surface area contributed by atoms with Gasteiger partial charge in [-0.25, -0.2) is 8.42 Å². The molecule has 0 radical (unpaired) electrons. The molecular weight excluding hydrogens is 503 g/mol. The van der Waals surface area contributed by atoms with Crippen molar-refractivity contribution < 1.29 is 69.3 Å². The van der Waals surface area contributed by atoms with E-state index in [1.165, 1.54) is 0 Å². The Hall–Kier alpha value is -1.14. The summed E-state index contributed by atoms with van der Waals surface area (Å²) in [6.07, 6.45) is -5.47. The maximum Gasteiger partial charge on any atom is 0.485 e. The Morgan fingerprint density at radius 2 is 1.40 bits per heavy atom. The average Bonchev–Trinajstić information content (AvgIpc) is 2.42. The highest BCUT2D eigenvalue weighted by Crippen LogP contribution is 2.33. The third-order valence-electron chi connectivity index (χ3n) is 1.97. The molecule has 13 heteroatoms. The number of alkyl halides is 9. The van der Waals surface area contributed by atoms with Gasteiger partial charge in [-0.15, -0.1) is 0 Å². The van der Waals surface area contributed by atoms with Crippen molar-refractivity contribution in [3.63, 3.8) is 0 Å². The molecule has 0 amide bonds. The summed E-state index contributed by atoms with van der Waals surface area (Å²) in [4.78, 5) is 0. The molecular formula is C12H7F8IO3S. The van der Waals surface area contributed by atoms with Crippen LogP contribution < -0.4 is 21.2 Å². The lowest BCUT2D eigenvalue weighted by atomic mass is 10.2. The Morgan fingerprint density at radius 1 is 0.960 bits per heavy atom. The molecule has 0 saturated heterocycles. The van der Waals surface area contributed by atoms with Crippen LogP contribution in [-0.2, 0) is 10.1 Å². The van der Waals surface area contributed by atoms with Gasteiger partial charge in [0.15, 0.2) is 14.0 Å². The molecule has 3 nitrogen and oxygen atoms in total. The van der Waals surface area contributed by atoms with Gasteiger partial charge in [0.05, 0.1) is 0 Å². The molecule has 0 saturated carbocycles. The topological polar surface area (TPSA) is 57.2 Å². The zero-order valence-corrected chi connectivity index (χ0v) is 14.6. The molecule has 1 rings (SSSR count). The summed E-state index contributed by atoms with van der Waals surface area (Å²) in [7, 11) is -6.09. The lowest BCUT2D eigenvalue weighted by Gasteiger charge is -2.13. The third kappa shape index (κ3) is 9.21. The SMILES string of the molecule is FC(F)(F)C(F)(F)C[I+]C#Cc1ccccc1.O=S(=O)([O-])C(F)(F)F. The van der Waals surface area contributed by atoms with E-state index in [0.717, 1.165) is 0 Å². The predicted molar refractivity (Wildman–Crippen MR) is 64.9 cm³/mol. The minimum absolute atomic E-state index is 0.613. The molecule has 1 aromatic rings. The van der Waals surface area contributed by atoms with E-state index in [9.17, 15) is 35.1 Å². The summed E-state index contributed by atoms with van der Waals surface area (Å²) < 4.78 is 121. The van der Waals surface area contributed by atoms with Gasteiger partial charge < -0.3 is 4.55 Å². The number of hydrogen-bond donors (Lipinski definition) is 0. The molecule has 0 aliphatic heterocycles. The molecule has 25 heavy (non-hydrogen) atoms. The number of rotatable bonds is 2. The van der Waals surface area contributed by atoms with Crippen molar-refractivity contribution in [2.75, 3.05) is 4.43 Å². The highest BCUT2D eigenvalue weighted by molar-refractivity contribution is 7.86. The zero-order valence-electron chi connectivity index (χ0n) is 11.6. The lowest BCUT2D eigenvalue weighted by Crippen LogP contribution is -3.61. The maximum absolute atomic E-state index is 12.5. The Labute approximate surface area is 147 Å². The van der Waals surface area contributed by atoms with Gasteiger partial charge in [-0.2, -0.15) is 35.1 Å². The van der Waals surface area contributed by atoms with Gasteiger partial charge in [-0.3, -0.25) is 0 Å². The molecule has 0 aromatic heterocycles. The van der Waals surface area contributed by atoms with Crippen LogP contribution in [0.4, 0.5) is 35.1 Å². The smallest absolute Gasteiger partial charge is 0.485 e. The van der Waals surface area contributed by atoms with Crippen molar-refractivity contribution >= 4 is 10.1 Å². The summed E-state index contributed by atoms with van der Waals surface area (Å²) in [6.45, 7) is 0. The van der Waals surface area contributed by atoms with Crippen LogP contribution in [0.5, 0.6) is 0 Å². The monoisotopic (exact) mass is 510 g/mol. The summed E-state index contributed by atoms with van der Waals surface area (Å²) >= 11 is -1.49. The molecule has 0 spiro atoms. The van der Waals surface area contributed by atoms with Crippen LogP contribution in [0.15, 0.2) is 30.3 Å². The molecule has 1 aromatic carbocycles. The van der Waals surface area contributed by atoms with Gasteiger partial charge in [0.25, 0.3) is 0 Å². The first-order valence-corrected chi connectivity index (χ1v) is 9.70. The van der Waals surface area contributed by atoms with E-state index in [2.05, 4.69) is 9.85 Å². The molecule has 0 unspecified atom stereocenters. The van der Waals surface area contributed by atoms with Gasteiger partial charge in [0.1, 0.15) is 0 Å². The lowest BCUT2D eigenvalue weighted by molar-refractivity contribution is -0.598. The van der Waals surface area contributed by atoms with Crippen LogP contribution in [0.25, 0.3) is 0 Å². The van der Waals surface area contributed by atoms with Gasteiger partial charge in [0.2, 0.25) is 4.43 Å². The number of hydrogen-bond acceptors (Lipinski definition) is 3. The second-order valence-electron chi connectivity index (χ2n) is 3.95. The van der Waals surface area contributed by atoms with Crippen molar-refractivity contribution in [1.29, 1.82) is 0 Å². The Kier molecular flexibility index (Phi) is 8.58. The fraction of sp³-hybridized carbons (Fsp3) is 0.333. The van der Waals surface area contributed by atoms with Crippen LogP contribution in [0.3, 0.4) is 0 Å². The van der Waals surface area contributed by atoms with Crippen molar-refractivity contribution in [3.05, 3.63) is 35.9 Å². The minimum atomic E-state index is -6.09. The van der Waals surface area contributed by atoms with Gasteiger partial charge >= 0.3 is 38.8 Å². The van der Waals surface area contributed by atoms with Crippen LogP contribution in [0.1, 0.15) is 5.56 Å². The maximum atomic E-state index is 12.5. The van der Waals surface area contributed by atoms with E-state index in [1.807, 2.05) is 0 Å². The van der Waals surface area contributed by atoms with Gasteiger partial charge in [0, 0.05) is 5.56 Å². The molecule has 0 atom stereocenters. The fourth-order valence-electron chi connectivity index (χ4n) is 0.803. The second-order valence-corrected chi connectivity index (χ2v) is 7.39. The number of benzene rings is 1. The Morgan fingerprint density at radius 3 is 1.76 bits per heavy atom. The van der Waals surface area contributed by atoms with E-state index in [0.29, 0.717) is 5.56 Å². The summed E-state index contributed by atoms with van der Waals surface area (Å²) in [6, 6.07) is 8.52. The first-order chi connectivity index (χ1) is 11.1. The third-order valence-corrected chi connectivity index (χ3v) is 4.52. The molecule has 0 aliphatic carbocycles. The molecule has 0 fully saturated rings. The Balaban J connectivity index is 0.000000609. The van der Waals surface area contributed by atoms with Crippen LogP contribution in [0.2, 0.25) is 0 Å². The molecule has 142 valence electrons. The zero-order chi connectivity index (χ0) is 19.9. The van der Waals surface area contributed by atoms with E-state index in [1.54, 1.807) is 30.3 Å². The summed E-state index contributed by atoms with van der Waals surface area (Å²) in [5.41, 5.74) is -5.03. The summed E-state index contributed by atoms with van der Waals surface area (Å²) in [5, 5.41) is 0. The van der Waals surface area contributed by atoms with Crippen LogP contribution in [0, 0.1) is 9.85 Å². The van der Waals surface area contributed by atoms with Crippen molar-refractivity contribution in [2.45, 2.75) is 17.6 Å². The predicted octanol–water partition coefficient (Wildman–Crippen LogP) is 0.334. The van der Waals surface area contributed by atoms with E-state index in [-0.39, 0.29) is 0 Å². The quantitative estimate of drug-likeness (QED) is 0.144. The van der Waals surface area contributed by atoms with E-state index < -0.39 is 53.4 Å². The average molecular weight is 510 g/mol. The molecule has 0 N–H and O–H groups in total. The highest BCUT2D eigenvalue weighted by Gasteiger charge is 2.60. The summed E-state index contributed by atoms with van der Waals surface area (Å²) in [5.74, 6) is -2.05. The molecule has 0 bridgehead atoms. The van der Waals surface area contributed by atoms with Crippen molar-refractivity contribution in [2.24, 2.45) is 0 Å². The van der Waals surface area contributed by atoms with Gasteiger partial charge in [-0.1, -0.05) is 18.2 Å². The molecule has 0 aliphatic rings. The van der Waals surface area contributed by atoms with E-state index in [4.69, 9.17) is 13.0 Å². The first-order valence-electron chi connectivity index (χ1n) is 5.69. The second kappa shape index (κ2) is 8.99. The standard InChI is InChI=1S/C11H7F5I.CHF3O3S/c12-10(13,11(14,15)16)8-17-7-6-9-4-2-1-3-5-9;2-1(3,4)8(5,6)7/h1-5H,8H2;(H,5,6,7)/q+1;/p-1. The van der Waals surface area contributed by atoms with Crippen molar-refractivity contribution in [3.8, 4) is 9.85 Å². The highest BCUT2D eigenvalue weighted by atomic mass is 127. The fourth-order valence-corrected chi connectivity index (χ4v) is 2.41.